The molecule has 17 heavy (non-hydrogen) atoms. The molecule has 0 aliphatic carbocycles. The number of H-pyrrole nitrogens is 1. The van der Waals surface area contributed by atoms with Gasteiger partial charge in [-0.2, -0.15) is 5.10 Å². The molecule has 0 unspecified atom stereocenters. The number of aromatic amines is 1. The van der Waals surface area contributed by atoms with Crippen LogP contribution in [0.2, 0.25) is 0 Å². The Morgan fingerprint density at radius 1 is 1.24 bits per heavy atom. The molecular formula is C12H15BrN4. The molecule has 5 heteroatoms. The summed E-state index contributed by atoms with van der Waals surface area (Å²) in [5.74, 6) is 0. The van der Waals surface area contributed by atoms with Crippen LogP contribution < -0.4 is 5.32 Å². The zero-order valence-corrected chi connectivity index (χ0v) is 11.7. The number of halogens is 1. The molecule has 0 amide bonds. The normalized spacial score (nSPS) is 10.6. The fourth-order valence-corrected chi connectivity index (χ4v) is 2.13. The van der Waals surface area contributed by atoms with Gasteiger partial charge in [-0.05, 0) is 48.8 Å². The van der Waals surface area contributed by atoms with Crippen molar-refractivity contribution in [2.45, 2.75) is 27.3 Å². The molecule has 0 aliphatic heterocycles. The van der Waals surface area contributed by atoms with Crippen molar-refractivity contribution in [2.24, 2.45) is 0 Å². The number of nitrogens with zero attached hydrogens (tertiary/aromatic N) is 2. The molecule has 90 valence electrons. The summed E-state index contributed by atoms with van der Waals surface area (Å²) in [4.78, 5) is 4.35. The molecule has 0 aromatic carbocycles. The van der Waals surface area contributed by atoms with Gasteiger partial charge in [0.05, 0.1) is 17.1 Å². The monoisotopic (exact) mass is 294 g/mol. The van der Waals surface area contributed by atoms with E-state index in [-0.39, 0.29) is 0 Å². The summed E-state index contributed by atoms with van der Waals surface area (Å²) < 4.78 is 0.858. The molecule has 0 radical (unpaired) electrons. The van der Waals surface area contributed by atoms with Crippen molar-refractivity contribution in [3.05, 3.63) is 39.4 Å². The van der Waals surface area contributed by atoms with Gasteiger partial charge in [-0.25, -0.2) is 4.98 Å². The van der Waals surface area contributed by atoms with Gasteiger partial charge < -0.3 is 5.32 Å². The lowest BCUT2D eigenvalue weighted by Crippen LogP contribution is -2.03. The van der Waals surface area contributed by atoms with Gasteiger partial charge in [-0.3, -0.25) is 5.10 Å². The van der Waals surface area contributed by atoms with E-state index in [9.17, 15) is 0 Å². The second kappa shape index (κ2) is 4.87. The van der Waals surface area contributed by atoms with Crippen molar-refractivity contribution in [1.29, 1.82) is 0 Å². The Morgan fingerprint density at radius 3 is 2.59 bits per heavy atom. The lowest BCUT2D eigenvalue weighted by molar-refractivity contribution is 1.02. The van der Waals surface area contributed by atoms with Crippen LogP contribution in [0.3, 0.4) is 0 Å². The SMILES string of the molecule is Cc1nc(Br)ccc1NCc1c(C)n[nH]c1C. The van der Waals surface area contributed by atoms with Crippen molar-refractivity contribution in [3.63, 3.8) is 0 Å². The average Bonchev–Trinajstić information content (AvgIpc) is 2.58. The highest BCUT2D eigenvalue weighted by Gasteiger charge is 2.07. The fourth-order valence-electron chi connectivity index (χ4n) is 1.74. The van der Waals surface area contributed by atoms with Crippen molar-refractivity contribution in [1.82, 2.24) is 15.2 Å². The maximum atomic E-state index is 4.35. The maximum Gasteiger partial charge on any atom is 0.106 e. The summed E-state index contributed by atoms with van der Waals surface area (Å²) >= 11 is 3.36. The van der Waals surface area contributed by atoms with Gasteiger partial charge in [0.25, 0.3) is 0 Å². The van der Waals surface area contributed by atoms with E-state index in [4.69, 9.17) is 0 Å². The van der Waals surface area contributed by atoms with Gasteiger partial charge in [-0.15, -0.1) is 0 Å². The van der Waals surface area contributed by atoms with Crippen molar-refractivity contribution < 1.29 is 0 Å². The lowest BCUT2D eigenvalue weighted by Gasteiger charge is -2.09. The van der Waals surface area contributed by atoms with Gasteiger partial charge in [0.1, 0.15) is 4.60 Å². The molecule has 2 heterocycles. The fraction of sp³-hybridized carbons (Fsp3) is 0.333. The van der Waals surface area contributed by atoms with E-state index in [0.29, 0.717) is 0 Å². The summed E-state index contributed by atoms with van der Waals surface area (Å²) in [6.07, 6.45) is 0. The van der Waals surface area contributed by atoms with Crippen LogP contribution >= 0.6 is 15.9 Å². The number of aromatic nitrogens is 3. The zero-order valence-electron chi connectivity index (χ0n) is 10.1. The molecular weight excluding hydrogens is 280 g/mol. The molecule has 2 N–H and O–H groups in total. The number of hydrogen-bond acceptors (Lipinski definition) is 3. The minimum atomic E-state index is 0.762. The van der Waals surface area contributed by atoms with Crippen LogP contribution in [0, 0.1) is 20.8 Å². The van der Waals surface area contributed by atoms with E-state index in [0.717, 1.165) is 33.9 Å². The highest BCUT2D eigenvalue weighted by molar-refractivity contribution is 9.10. The Kier molecular flexibility index (Phi) is 3.47. The van der Waals surface area contributed by atoms with E-state index in [1.54, 1.807) is 0 Å². The Labute approximate surface area is 109 Å². The topological polar surface area (TPSA) is 53.6 Å². The van der Waals surface area contributed by atoms with E-state index >= 15 is 0 Å². The number of nitrogens with one attached hydrogen (secondary N) is 2. The quantitative estimate of drug-likeness (QED) is 0.855. The van der Waals surface area contributed by atoms with Crippen LogP contribution in [-0.2, 0) is 6.54 Å². The van der Waals surface area contributed by atoms with E-state index < -0.39 is 0 Å². The first-order chi connectivity index (χ1) is 8.08. The summed E-state index contributed by atoms with van der Waals surface area (Å²) in [6, 6.07) is 3.96. The Bertz CT molecular complexity index is 514. The van der Waals surface area contributed by atoms with Crippen LogP contribution in [0.1, 0.15) is 22.6 Å². The molecule has 0 saturated heterocycles. The highest BCUT2D eigenvalue weighted by Crippen LogP contribution is 2.18. The largest absolute Gasteiger partial charge is 0.379 e. The number of aryl methyl sites for hydroxylation is 3. The Balaban J connectivity index is 2.13. The first kappa shape index (κ1) is 12.1. The second-order valence-electron chi connectivity index (χ2n) is 4.03. The van der Waals surface area contributed by atoms with Crippen molar-refractivity contribution in [2.75, 3.05) is 5.32 Å². The minimum absolute atomic E-state index is 0.762. The number of pyridine rings is 1. The molecule has 0 atom stereocenters. The van der Waals surface area contributed by atoms with Crippen LogP contribution in [-0.4, -0.2) is 15.2 Å². The lowest BCUT2D eigenvalue weighted by atomic mass is 10.2. The first-order valence-corrected chi connectivity index (χ1v) is 6.24. The number of hydrogen-bond donors (Lipinski definition) is 2. The predicted octanol–water partition coefficient (Wildman–Crippen LogP) is 3.10. The Hall–Kier alpha value is -1.36. The van der Waals surface area contributed by atoms with Gasteiger partial charge in [0.2, 0.25) is 0 Å². The summed E-state index contributed by atoms with van der Waals surface area (Å²) in [7, 11) is 0. The molecule has 0 saturated carbocycles. The average molecular weight is 295 g/mol. The maximum absolute atomic E-state index is 4.35. The highest BCUT2D eigenvalue weighted by atomic mass is 79.9. The summed E-state index contributed by atoms with van der Waals surface area (Å²) in [6.45, 7) is 6.79. The number of anilines is 1. The third kappa shape index (κ3) is 2.66. The van der Waals surface area contributed by atoms with E-state index in [1.807, 2.05) is 32.9 Å². The minimum Gasteiger partial charge on any atom is -0.379 e. The second-order valence-corrected chi connectivity index (χ2v) is 4.85. The molecule has 2 aromatic rings. The molecule has 0 spiro atoms. The van der Waals surface area contributed by atoms with Crippen LogP contribution in [0.25, 0.3) is 0 Å². The summed E-state index contributed by atoms with van der Waals surface area (Å²) in [5.41, 5.74) is 5.40. The zero-order chi connectivity index (χ0) is 12.4. The van der Waals surface area contributed by atoms with Gasteiger partial charge in [-0.1, -0.05) is 0 Å². The molecule has 4 nitrogen and oxygen atoms in total. The third-order valence-corrected chi connectivity index (χ3v) is 3.23. The smallest absolute Gasteiger partial charge is 0.106 e. The van der Waals surface area contributed by atoms with E-state index in [1.165, 1.54) is 5.56 Å². The molecule has 0 bridgehead atoms. The number of rotatable bonds is 3. The first-order valence-electron chi connectivity index (χ1n) is 5.45. The van der Waals surface area contributed by atoms with Crippen molar-refractivity contribution >= 4 is 21.6 Å². The van der Waals surface area contributed by atoms with E-state index in [2.05, 4.69) is 36.4 Å². The third-order valence-electron chi connectivity index (χ3n) is 2.79. The molecule has 2 rings (SSSR count). The van der Waals surface area contributed by atoms with Gasteiger partial charge in [0.15, 0.2) is 0 Å². The summed E-state index contributed by atoms with van der Waals surface area (Å²) in [5, 5.41) is 10.5. The van der Waals surface area contributed by atoms with Crippen LogP contribution in [0.4, 0.5) is 5.69 Å². The standard InChI is InChI=1S/C12H15BrN4/c1-7-10(8(2)17-16-7)6-14-11-4-5-12(13)15-9(11)3/h4-5,14H,6H2,1-3H3,(H,16,17). The van der Waals surface area contributed by atoms with Crippen LogP contribution in [0.5, 0.6) is 0 Å². The molecule has 0 aliphatic rings. The van der Waals surface area contributed by atoms with Crippen molar-refractivity contribution in [3.8, 4) is 0 Å². The molecule has 2 aromatic heterocycles. The van der Waals surface area contributed by atoms with Gasteiger partial charge in [0, 0.05) is 17.8 Å². The predicted molar refractivity (Wildman–Crippen MR) is 72.1 cm³/mol. The molecule has 0 fully saturated rings. The Morgan fingerprint density at radius 2 is 2.00 bits per heavy atom. The van der Waals surface area contributed by atoms with Crippen LogP contribution in [0.15, 0.2) is 16.7 Å². The van der Waals surface area contributed by atoms with Gasteiger partial charge >= 0.3 is 0 Å².